The van der Waals surface area contributed by atoms with Gasteiger partial charge in [0.05, 0.1) is 12.7 Å². The number of halogens is 1. The Kier molecular flexibility index (Phi) is 3.40. The van der Waals surface area contributed by atoms with E-state index in [1.54, 1.807) is 20.2 Å². The zero-order chi connectivity index (χ0) is 16.0. The summed E-state index contributed by atoms with van der Waals surface area (Å²) in [5.41, 5.74) is 0.455. The molecule has 3 rings (SSSR count). The quantitative estimate of drug-likeness (QED) is 0.744. The van der Waals surface area contributed by atoms with Gasteiger partial charge in [-0.25, -0.2) is 9.78 Å². The van der Waals surface area contributed by atoms with Crippen molar-refractivity contribution >= 4 is 27.1 Å². The molecule has 1 aromatic carbocycles. The van der Waals surface area contributed by atoms with Crippen LogP contribution in [0.15, 0.2) is 32.3 Å². The van der Waals surface area contributed by atoms with E-state index in [1.165, 1.54) is 11.6 Å². The van der Waals surface area contributed by atoms with Gasteiger partial charge in [-0.2, -0.15) is 0 Å². The summed E-state index contributed by atoms with van der Waals surface area (Å²) in [6.45, 7) is 0. The highest BCUT2D eigenvalue weighted by Crippen LogP contribution is 2.31. The second kappa shape index (κ2) is 5.13. The number of rotatable bonds is 2. The monoisotopic (exact) mass is 364 g/mol. The highest BCUT2D eigenvalue weighted by Gasteiger charge is 2.16. The summed E-state index contributed by atoms with van der Waals surface area (Å²) in [4.78, 5) is 31.5. The van der Waals surface area contributed by atoms with Gasteiger partial charge in [0.25, 0.3) is 5.56 Å². The number of fused-ring (bicyclic) bond motifs is 1. The number of nitrogens with zero attached hydrogens (tertiary/aromatic N) is 3. The van der Waals surface area contributed by atoms with Crippen molar-refractivity contribution in [3.05, 3.63) is 43.5 Å². The lowest BCUT2D eigenvalue weighted by Gasteiger charge is -2.06. The van der Waals surface area contributed by atoms with Gasteiger partial charge in [-0.05, 0) is 18.2 Å². The molecule has 0 saturated heterocycles. The fourth-order valence-corrected chi connectivity index (χ4v) is 2.68. The molecule has 0 unspecified atom stereocenters. The highest BCUT2D eigenvalue weighted by atomic mass is 79.9. The molecule has 7 nitrogen and oxygen atoms in total. The lowest BCUT2D eigenvalue weighted by Crippen LogP contribution is -2.36. The highest BCUT2D eigenvalue weighted by molar-refractivity contribution is 9.10. The molecule has 2 heterocycles. The summed E-state index contributed by atoms with van der Waals surface area (Å²) in [6, 6.07) is 5.47. The molecule has 22 heavy (non-hydrogen) atoms. The van der Waals surface area contributed by atoms with Crippen molar-refractivity contribution in [2.75, 3.05) is 7.11 Å². The molecule has 114 valence electrons. The van der Waals surface area contributed by atoms with Crippen molar-refractivity contribution in [2.24, 2.45) is 14.1 Å². The molecule has 0 aliphatic rings. The number of imidazole rings is 1. The minimum atomic E-state index is -0.420. The van der Waals surface area contributed by atoms with Crippen molar-refractivity contribution in [3.8, 4) is 17.1 Å². The van der Waals surface area contributed by atoms with Gasteiger partial charge >= 0.3 is 5.69 Å². The van der Waals surface area contributed by atoms with Crippen molar-refractivity contribution in [3.63, 3.8) is 0 Å². The first-order chi connectivity index (χ1) is 10.4. The van der Waals surface area contributed by atoms with Crippen LogP contribution >= 0.6 is 15.9 Å². The zero-order valence-electron chi connectivity index (χ0n) is 12.2. The fraction of sp³-hybridized carbons (Fsp3) is 0.214. The molecule has 0 amide bonds. The molecule has 0 atom stereocenters. The summed E-state index contributed by atoms with van der Waals surface area (Å²) >= 11 is 3.40. The van der Waals surface area contributed by atoms with Gasteiger partial charge < -0.3 is 9.72 Å². The van der Waals surface area contributed by atoms with Gasteiger partial charge in [-0.1, -0.05) is 15.9 Å². The minimum absolute atomic E-state index is 0.279. The second-order valence-electron chi connectivity index (χ2n) is 4.83. The third kappa shape index (κ3) is 2.07. The Hall–Kier alpha value is -2.35. The minimum Gasteiger partial charge on any atom is -0.496 e. The van der Waals surface area contributed by atoms with Crippen LogP contribution in [0.25, 0.3) is 22.6 Å². The second-order valence-corrected chi connectivity index (χ2v) is 5.75. The molecular weight excluding hydrogens is 352 g/mol. The van der Waals surface area contributed by atoms with E-state index in [2.05, 4.69) is 25.9 Å². The zero-order valence-corrected chi connectivity index (χ0v) is 13.8. The average molecular weight is 365 g/mol. The Morgan fingerprint density at radius 2 is 1.95 bits per heavy atom. The normalized spacial score (nSPS) is 11.1. The third-order valence-corrected chi connectivity index (χ3v) is 4.00. The smallest absolute Gasteiger partial charge is 0.332 e. The third-order valence-electron chi connectivity index (χ3n) is 3.51. The first-order valence-electron chi connectivity index (χ1n) is 6.43. The van der Waals surface area contributed by atoms with E-state index in [0.29, 0.717) is 22.8 Å². The number of hydrogen-bond acceptors (Lipinski definition) is 4. The Bertz CT molecular complexity index is 1000. The Morgan fingerprint density at radius 3 is 2.64 bits per heavy atom. The summed E-state index contributed by atoms with van der Waals surface area (Å²) in [7, 11) is 4.57. The van der Waals surface area contributed by atoms with Crippen LogP contribution in [0.4, 0.5) is 0 Å². The number of aryl methyl sites for hydroxylation is 1. The molecule has 3 aromatic rings. The number of hydrogen-bond donors (Lipinski definition) is 1. The van der Waals surface area contributed by atoms with E-state index in [4.69, 9.17) is 4.74 Å². The first kappa shape index (κ1) is 14.6. The lowest BCUT2D eigenvalue weighted by molar-refractivity contribution is 0.416. The number of H-pyrrole nitrogens is 1. The number of benzene rings is 1. The van der Waals surface area contributed by atoms with Crippen LogP contribution in [0.5, 0.6) is 5.75 Å². The molecule has 2 aromatic heterocycles. The molecule has 0 bridgehead atoms. The van der Waals surface area contributed by atoms with E-state index >= 15 is 0 Å². The van der Waals surface area contributed by atoms with Gasteiger partial charge in [-0.3, -0.25) is 13.9 Å². The molecule has 8 heteroatoms. The van der Waals surface area contributed by atoms with E-state index in [1.807, 2.05) is 12.1 Å². The maximum absolute atomic E-state index is 12.2. The van der Waals surface area contributed by atoms with Crippen LogP contribution in [0.1, 0.15) is 0 Å². The van der Waals surface area contributed by atoms with Crippen LogP contribution in [-0.4, -0.2) is 26.2 Å². The van der Waals surface area contributed by atoms with Crippen LogP contribution in [0, 0.1) is 0 Å². The number of aromatic amines is 1. The summed E-state index contributed by atoms with van der Waals surface area (Å²) in [5.74, 6) is 1.08. The molecule has 1 N–H and O–H groups in total. The standard InChI is InChI=1S/C14H13BrN4O3/c1-18-12-10(13(20)19(2)14(18)21)16-11(17-12)8-6-7(15)4-5-9(8)22-3/h4-6H,1-3H3,(H,16,17). The topological polar surface area (TPSA) is 81.9 Å². The van der Waals surface area contributed by atoms with Gasteiger partial charge in [-0.15, -0.1) is 0 Å². The Morgan fingerprint density at radius 1 is 1.23 bits per heavy atom. The molecule has 0 radical (unpaired) electrons. The molecule has 0 aliphatic carbocycles. The number of ether oxygens (including phenoxy) is 1. The summed E-state index contributed by atoms with van der Waals surface area (Å²) in [5, 5.41) is 0. The van der Waals surface area contributed by atoms with Crippen LogP contribution in [0.3, 0.4) is 0 Å². The van der Waals surface area contributed by atoms with Crippen molar-refractivity contribution in [1.29, 1.82) is 0 Å². The van der Waals surface area contributed by atoms with Gasteiger partial charge in [0.1, 0.15) is 17.1 Å². The fourth-order valence-electron chi connectivity index (χ4n) is 2.32. The van der Waals surface area contributed by atoms with Gasteiger partial charge in [0.2, 0.25) is 0 Å². The largest absolute Gasteiger partial charge is 0.496 e. The van der Waals surface area contributed by atoms with Crippen molar-refractivity contribution in [2.45, 2.75) is 0 Å². The maximum Gasteiger partial charge on any atom is 0.332 e. The maximum atomic E-state index is 12.2. The Labute approximate surface area is 133 Å². The molecular formula is C14H13BrN4O3. The number of methoxy groups -OCH3 is 1. The van der Waals surface area contributed by atoms with E-state index < -0.39 is 11.2 Å². The van der Waals surface area contributed by atoms with Gasteiger partial charge in [0, 0.05) is 18.6 Å². The average Bonchev–Trinajstić information content (AvgIpc) is 2.96. The first-order valence-corrected chi connectivity index (χ1v) is 7.23. The molecule has 0 spiro atoms. The van der Waals surface area contributed by atoms with E-state index in [-0.39, 0.29) is 5.52 Å². The van der Waals surface area contributed by atoms with Crippen molar-refractivity contribution < 1.29 is 4.74 Å². The molecule has 0 saturated carbocycles. The van der Waals surface area contributed by atoms with Crippen LogP contribution < -0.4 is 16.0 Å². The lowest BCUT2D eigenvalue weighted by atomic mass is 10.2. The van der Waals surface area contributed by atoms with E-state index in [9.17, 15) is 9.59 Å². The predicted molar refractivity (Wildman–Crippen MR) is 86.3 cm³/mol. The Balaban J connectivity index is 2.38. The van der Waals surface area contributed by atoms with Crippen LogP contribution in [0.2, 0.25) is 0 Å². The number of aromatic nitrogens is 4. The van der Waals surface area contributed by atoms with E-state index in [0.717, 1.165) is 9.04 Å². The number of nitrogens with one attached hydrogen (secondary N) is 1. The SMILES string of the molecule is COc1ccc(Br)cc1-c1nc2c([nH]1)c(=O)n(C)c(=O)n2C. The molecule has 0 aliphatic heterocycles. The van der Waals surface area contributed by atoms with Gasteiger partial charge in [0.15, 0.2) is 5.65 Å². The predicted octanol–water partition coefficient (Wildman–Crippen LogP) is 1.40. The van der Waals surface area contributed by atoms with Crippen LogP contribution in [-0.2, 0) is 14.1 Å². The summed E-state index contributed by atoms with van der Waals surface area (Å²) in [6.07, 6.45) is 0. The van der Waals surface area contributed by atoms with Crippen molar-refractivity contribution in [1.82, 2.24) is 19.1 Å². The molecule has 0 fully saturated rings. The summed E-state index contributed by atoms with van der Waals surface area (Å²) < 4.78 is 8.56.